The van der Waals surface area contributed by atoms with Crippen LogP contribution in [0, 0.1) is 10.8 Å². The fraction of sp³-hybridized carbons (Fsp3) is 0.846. The van der Waals surface area contributed by atoms with Crippen LogP contribution >= 0.6 is 11.8 Å². The van der Waals surface area contributed by atoms with Crippen LogP contribution in [0.3, 0.4) is 0 Å². The zero-order valence-corrected chi connectivity index (χ0v) is 11.9. The molecule has 0 aliphatic rings. The molecule has 0 aromatic heterocycles. The summed E-state index contributed by atoms with van der Waals surface area (Å²) in [6.45, 7) is 16.0. The second kappa shape index (κ2) is 4.30. The van der Waals surface area contributed by atoms with Crippen molar-refractivity contribution in [3.63, 3.8) is 0 Å². The van der Waals surface area contributed by atoms with Crippen molar-refractivity contribution in [1.82, 2.24) is 0 Å². The smallest absolute Gasteiger partial charge is 0.0279 e. The van der Waals surface area contributed by atoms with E-state index in [9.17, 15) is 0 Å². The zero-order chi connectivity index (χ0) is 11.6. The minimum atomic E-state index is 0.250. The quantitative estimate of drug-likeness (QED) is 0.611. The van der Waals surface area contributed by atoms with Gasteiger partial charge in [-0.05, 0) is 30.9 Å². The van der Waals surface area contributed by atoms with Crippen LogP contribution in [0.2, 0.25) is 0 Å². The van der Waals surface area contributed by atoms with Gasteiger partial charge >= 0.3 is 0 Å². The largest absolute Gasteiger partial charge is 0.155 e. The summed E-state index contributed by atoms with van der Waals surface area (Å²) in [7, 11) is 0. The van der Waals surface area contributed by atoms with Crippen LogP contribution in [0.15, 0.2) is 12.2 Å². The first-order chi connectivity index (χ1) is 6.02. The Hall–Kier alpha value is 0.0900. The fourth-order valence-electron chi connectivity index (χ4n) is 0.727. The summed E-state index contributed by atoms with van der Waals surface area (Å²) in [5.74, 6) is 0. The van der Waals surface area contributed by atoms with E-state index in [4.69, 9.17) is 0 Å². The molecule has 0 aromatic carbocycles. The molecule has 0 radical (unpaired) electrons. The summed E-state index contributed by atoms with van der Waals surface area (Å²) >= 11 is 1.89. The van der Waals surface area contributed by atoms with Gasteiger partial charge in [-0.15, -0.1) is 0 Å². The summed E-state index contributed by atoms with van der Waals surface area (Å²) in [5.41, 5.74) is 0.567. The van der Waals surface area contributed by atoms with Gasteiger partial charge in [0, 0.05) is 4.75 Å². The summed E-state index contributed by atoms with van der Waals surface area (Å²) in [6, 6.07) is 0. The molecule has 0 saturated carbocycles. The Kier molecular flexibility index (Phi) is 4.33. The van der Waals surface area contributed by atoms with Crippen molar-refractivity contribution in [2.45, 2.75) is 53.2 Å². The van der Waals surface area contributed by atoms with Gasteiger partial charge in [0.2, 0.25) is 0 Å². The van der Waals surface area contributed by atoms with E-state index in [2.05, 4.69) is 66.9 Å². The lowest BCUT2D eigenvalue weighted by Crippen LogP contribution is -2.28. The van der Waals surface area contributed by atoms with Crippen molar-refractivity contribution in [2.75, 3.05) is 6.26 Å². The van der Waals surface area contributed by atoms with Crippen LogP contribution in [0.5, 0.6) is 0 Å². The second-order valence-corrected chi connectivity index (χ2v) is 7.57. The predicted molar refractivity (Wildman–Crippen MR) is 70.0 cm³/mol. The van der Waals surface area contributed by atoms with Gasteiger partial charge in [0.1, 0.15) is 0 Å². The molecule has 0 rings (SSSR count). The van der Waals surface area contributed by atoms with Crippen LogP contribution in [0.1, 0.15) is 48.5 Å². The minimum Gasteiger partial charge on any atom is -0.155 e. The Morgan fingerprint density at radius 1 is 0.786 bits per heavy atom. The molecule has 0 amide bonds. The lowest BCUT2D eigenvalue weighted by Gasteiger charge is -2.37. The molecule has 0 aromatic rings. The first-order valence-electron chi connectivity index (χ1n) is 5.27. The van der Waals surface area contributed by atoms with E-state index < -0.39 is 0 Å². The Balaban J connectivity index is 4.68. The molecule has 0 bridgehead atoms. The molecule has 14 heavy (non-hydrogen) atoms. The van der Waals surface area contributed by atoms with E-state index in [1.54, 1.807) is 0 Å². The van der Waals surface area contributed by atoms with E-state index in [-0.39, 0.29) is 10.2 Å². The standard InChI is InChI=1S/C13H26S/c1-11(2,3)12(4,5)9-10-13(6,7)14-8/h9-10H,1-8H3/b10-9-. The molecule has 0 saturated heterocycles. The first kappa shape index (κ1) is 14.1. The lowest BCUT2D eigenvalue weighted by molar-refractivity contribution is 0.192. The van der Waals surface area contributed by atoms with Crippen molar-refractivity contribution in [3.8, 4) is 0 Å². The predicted octanol–water partition coefficient (Wildman–Crippen LogP) is 4.76. The maximum absolute atomic E-state index is 2.36. The van der Waals surface area contributed by atoms with E-state index in [1.165, 1.54) is 0 Å². The summed E-state index contributed by atoms with van der Waals surface area (Å²) in [6.07, 6.45) is 6.86. The number of hydrogen-bond acceptors (Lipinski definition) is 1. The molecular formula is C13H26S. The maximum atomic E-state index is 2.36. The highest BCUT2D eigenvalue weighted by atomic mass is 32.2. The van der Waals surface area contributed by atoms with Gasteiger partial charge in [0.25, 0.3) is 0 Å². The number of thioether (sulfide) groups is 1. The topological polar surface area (TPSA) is 0 Å². The minimum absolute atomic E-state index is 0.250. The maximum Gasteiger partial charge on any atom is 0.0279 e. The average molecular weight is 214 g/mol. The Labute approximate surface area is 94.6 Å². The number of rotatable bonds is 3. The zero-order valence-electron chi connectivity index (χ0n) is 11.1. The normalized spacial score (nSPS) is 15.1. The van der Waals surface area contributed by atoms with Crippen LogP contribution in [-0.2, 0) is 0 Å². The number of allylic oxidation sites excluding steroid dienone is 1. The van der Waals surface area contributed by atoms with Crippen molar-refractivity contribution in [1.29, 1.82) is 0 Å². The molecule has 0 aliphatic heterocycles. The van der Waals surface area contributed by atoms with Crippen molar-refractivity contribution in [3.05, 3.63) is 12.2 Å². The summed E-state index contributed by atoms with van der Waals surface area (Å²) in [5, 5.41) is 0. The number of hydrogen-bond donors (Lipinski definition) is 0. The van der Waals surface area contributed by atoms with Gasteiger partial charge in [-0.2, -0.15) is 11.8 Å². The third kappa shape index (κ3) is 4.08. The van der Waals surface area contributed by atoms with Crippen molar-refractivity contribution >= 4 is 11.8 Å². The molecular weight excluding hydrogens is 188 g/mol. The Morgan fingerprint density at radius 2 is 1.21 bits per heavy atom. The van der Waals surface area contributed by atoms with Gasteiger partial charge in [0.15, 0.2) is 0 Å². The average Bonchev–Trinajstić information content (AvgIpc) is 1.99. The first-order valence-corrected chi connectivity index (χ1v) is 6.50. The Morgan fingerprint density at radius 3 is 1.50 bits per heavy atom. The molecule has 0 unspecified atom stereocenters. The van der Waals surface area contributed by atoms with Crippen LogP contribution in [0.4, 0.5) is 0 Å². The van der Waals surface area contributed by atoms with Crippen LogP contribution < -0.4 is 0 Å². The SMILES string of the molecule is CSC(C)(C)/C=C\C(C)(C)C(C)(C)C. The third-order valence-electron chi connectivity index (χ3n) is 3.36. The van der Waals surface area contributed by atoms with Gasteiger partial charge in [-0.3, -0.25) is 0 Å². The molecule has 0 N–H and O–H groups in total. The summed E-state index contributed by atoms with van der Waals surface area (Å²) < 4.78 is 0.252. The second-order valence-electron chi connectivity index (χ2n) is 6.11. The highest BCUT2D eigenvalue weighted by Crippen LogP contribution is 2.40. The Bertz CT molecular complexity index is 204. The highest BCUT2D eigenvalue weighted by Gasteiger charge is 2.30. The van der Waals surface area contributed by atoms with Gasteiger partial charge in [-0.25, -0.2) is 0 Å². The monoisotopic (exact) mass is 214 g/mol. The van der Waals surface area contributed by atoms with Gasteiger partial charge < -0.3 is 0 Å². The van der Waals surface area contributed by atoms with Crippen molar-refractivity contribution < 1.29 is 0 Å². The molecule has 0 aliphatic carbocycles. The molecule has 0 atom stereocenters. The van der Waals surface area contributed by atoms with Gasteiger partial charge in [-0.1, -0.05) is 46.8 Å². The molecule has 1 heteroatoms. The molecule has 0 spiro atoms. The lowest BCUT2D eigenvalue weighted by atomic mass is 9.69. The molecule has 0 nitrogen and oxygen atoms in total. The van der Waals surface area contributed by atoms with Crippen LogP contribution in [0.25, 0.3) is 0 Å². The van der Waals surface area contributed by atoms with Crippen molar-refractivity contribution in [2.24, 2.45) is 10.8 Å². The fourth-order valence-corrected chi connectivity index (χ4v) is 0.931. The van der Waals surface area contributed by atoms with E-state index in [1.807, 2.05) is 11.8 Å². The molecule has 0 heterocycles. The van der Waals surface area contributed by atoms with Crippen LogP contribution in [-0.4, -0.2) is 11.0 Å². The highest BCUT2D eigenvalue weighted by molar-refractivity contribution is 8.00. The van der Waals surface area contributed by atoms with E-state index >= 15 is 0 Å². The molecule has 0 fully saturated rings. The molecule has 84 valence electrons. The van der Waals surface area contributed by atoms with E-state index in [0.29, 0.717) is 5.41 Å². The third-order valence-corrected chi connectivity index (χ3v) is 4.55. The van der Waals surface area contributed by atoms with Gasteiger partial charge in [0.05, 0.1) is 0 Å². The summed E-state index contributed by atoms with van der Waals surface area (Å²) in [4.78, 5) is 0. The van der Waals surface area contributed by atoms with E-state index in [0.717, 1.165) is 0 Å².